The van der Waals surface area contributed by atoms with Crippen LogP contribution < -0.4 is 5.32 Å². The molecule has 0 radical (unpaired) electrons. The predicted molar refractivity (Wildman–Crippen MR) is 85.3 cm³/mol. The molecule has 1 N–H and O–H groups in total. The van der Waals surface area contributed by atoms with Crippen molar-refractivity contribution in [1.82, 2.24) is 10.3 Å². The lowest BCUT2D eigenvalue weighted by atomic mass is 9.79. The van der Waals surface area contributed by atoms with Crippen molar-refractivity contribution in [3.8, 4) is 0 Å². The fraction of sp³-hybridized carbons (Fsp3) is 0.722. The average Bonchev–Trinajstić information content (AvgIpc) is 2.96. The van der Waals surface area contributed by atoms with Crippen LogP contribution in [0.1, 0.15) is 51.0 Å². The number of nitrogens with one attached hydrogen (secondary N) is 1. The van der Waals surface area contributed by atoms with E-state index in [2.05, 4.69) is 23.3 Å². The summed E-state index contributed by atoms with van der Waals surface area (Å²) in [5, 5.41) is 3.72. The molecule has 0 amide bonds. The van der Waals surface area contributed by atoms with Gasteiger partial charge in [-0.25, -0.2) is 0 Å². The fourth-order valence-electron chi connectivity index (χ4n) is 4.22. The van der Waals surface area contributed by atoms with Gasteiger partial charge in [0, 0.05) is 25.0 Å². The van der Waals surface area contributed by atoms with E-state index in [1.165, 1.54) is 44.1 Å². The van der Waals surface area contributed by atoms with E-state index in [1.54, 1.807) is 0 Å². The molecule has 0 bridgehead atoms. The van der Waals surface area contributed by atoms with Crippen molar-refractivity contribution in [2.24, 2.45) is 5.92 Å². The smallest absolute Gasteiger partial charge is 0.0685 e. The Hall–Kier alpha value is -0.930. The van der Waals surface area contributed by atoms with Gasteiger partial charge in [-0.1, -0.05) is 25.8 Å². The summed E-state index contributed by atoms with van der Waals surface area (Å²) in [6.07, 6.45) is 12.6. The Morgan fingerprint density at radius 1 is 1.43 bits per heavy atom. The first kappa shape index (κ1) is 15.0. The molecule has 1 spiro atoms. The lowest BCUT2D eigenvalue weighted by molar-refractivity contribution is -0.0978. The normalized spacial score (nSPS) is 26.0. The highest BCUT2D eigenvalue weighted by Gasteiger charge is 2.41. The molecule has 3 nitrogen and oxygen atoms in total. The maximum Gasteiger partial charge on any atom is 0.0685 e. The standard InChI is InChI=1S/C18H28N2O/c1-2-20-17(12-15-6-5-10-19-14-15)16-7-11-21-18(13-16)8-3-4-9-18/h5-6,10,14,16-17,20H,2-4,7-9,11-13H2,1H3. The van der Waals surface area contributed by atoms with Gasteiger partial charge in [-0.05, 0) is 56.2 Å². The predicted octanol–water partition coefficient (Wildman–Crippen LogP) is 3.34. The van der Waals surface area contributed by atoms with Crippen molar-refractivity contribution >= 4 is 0 Å². The van der Waals surface area contributed by atoms with Crippen molar-refractivity contribution in [1.29, 1.82) is 0 Å². The molecule has 3 rings (SSSR count). The number of ether oxygens (including phenoxy) is 1. The van der Waals surface area contributed by atoms with Crippen molar-refractivity contribution in [3.05, 3.63) is 30.1 Å². The van der Waals surface area contributed by atoms with Crippen molar-refractivity contribution in [2.75, 3.05) is 13.2 Å². The Morgan fingerprint density at radius 3 is 3.00 bits per heavy atom. The summed E-state index contributed by atoms with van der Waals surface area (Å²) >= 11 is 0. The number of aromatic nitrogens is 1. The van der Waals surface area contributed by atoms with Gasteiger partial charge in [-0.2, -0.15) is 0 Å². The lowest BCUT2D eigenvalue weighted by Crippen LogP contribution is -2.46. The van der Waals surface area contributed by atoms with Crippen LogP contribution in [0.25, 0.3) is 0 Å². The Morgan fingerprint density at radius 2 is 2.29 bits per heavy atom. The van der Waals surface area contributed by atoms with Gasteiger partial charge >= 0.3 is 0 Å². The summed E-state index contributed by atoms with van der Waals surface area (Å²) in [6, 6.07) is 4.79. The molecular formula is C18H28N2O. The maximum atomic E-state index is 6.20. The highest BCUT2D eigenvalue weighted by molar-refractivity contribution is 5.11. The topological polar surface area (TPSA) is 34.2 Å². The molecule has 2 fully saturated rings. The molecule has 2 atom stereocenters. The molecule has 3 heteroatoms. The summed E-state index contributed by atoms with van der Waals surface area (Å²) in [4.78, 5) is 4.26. The highest BCUT2D eigenvalue weighted by Crippen LogP contribution is 2.43. The SMILES string of the molecule is CCNC(Cc1cccnc1)C1CCOC2(CCCC2)C1. The van der Waals surface area contributed by atoms with Gasteiger partial charge in [-0.15, -0.1) is 0 Å². The van der Waals surface area contributed by atoms with Crippen LogP contribution in [0.4, 0.5) is 0 Å². The lowest BCUT2D eigenvalue weighted by Gasteiger charge is -2.41. The monoisotopic (exact) mass is 288 g/mol. The minimum atomic E-state index is 0.214. The van der Waals surface area contributed by atoms with Gasteiger partial charge in [0.1, 0.15) is 0 Å². The van der Waals surface area contributed by atoms with Crippen LogP contribution in [-0.4, -0.2) is 29.8 Å². The van der Waals surface area contributed by atoms with Crippen LogP contribution in [0.5, 0.6) is 0 Å². The number of hydrogen-bond donors (Lipinski definition) is 1. The summed E-state index contributed by atoms with van der Waals surface area (Å²) in [6.45, 7) is 4.19. The Balaban J connectivity index is 1.68. The van der Waals surface area contributed by atoms with E-state index in [1.807, 2.05) is 18.5 Å². The van der Waals surface area contributed by atoms with Crippen LogP contribution in [0.15, 0.2) is 24.5 Å². The second-order valence-corrected chi connectivity index (χ2v) is 6.72. The van der Waals surface area contributed by atoms with Crippen molar-refractivity contribution in [2.45, 2.75) is 63.5 Å². The molecule has 1 aliphatic carbocycles. The molecule has 1 aliphatic heterocycles. The van der Waals surface area contributed by atoms with Gasteiger partial charge in [-0.3, -0.25) is 4.98 Å². The van der Waals surface area contributed by atoms with Gasteiger partial charge in [0.25, 0.3) is 0 Å². The minimum absolute atomic E-state index is 0.214. The van der Waals surface area contributed by atoms with E-state index in [-0.39, 0.29) is 5.60 Å². The number of hydrogen-bond acceptors (Lipinski definition) is 3. The van der Waals surface area contributed by atoms with Gasteiger partial charge in [0.2, 0.25) is 0 Å². The first-order valence-corrected chi connectivity index (χ1v) is 8.57. The summed E-state index contributed by atoms with van der Waals surface area (Å²) in [5.41, 5.74) is 1.56. The molecule has 1 saturated carbocycles. The van der Waals surface area contributed by atoms with Crippen molar-refractivity contribution < 1.29 is 4.74 Å². The largest absolute Gasteiger partial charge is 0.375 e. The third-order valence-electron chi connectivity index (χ3n) is 5.26. The minimum Gasteiger partial charge on any atom is -0.375 e. The van der Waals surface area contributed by atoms with Crippen LogP contribution in [0.2, 0.25) is 0 Å². The summed E-state index contributed by atoms with van der Waals surface area (Å²) < 4.78 is 6.20. The van der Waals surface area contributed by atoms with E-state index in [9.17, 15) is 0 Å². The Labute approximate surface area is 128 Å². The molecule has 2 unspecified atom stereocenters. The molecule has 0 aromatic carbocycles. The second-order valence-electron chi connectivity index (χ2n) is 6.72. The molecule has 116 valence electrons. The van der Waals surface area contributed by atoms with Gasteiger partial charge in [0.15, 0.2) is 0 Å². The number of rotatable bonds is 5. The molecule has 2 heterocycles. The average molecular weight is 288 g/mol. The zero-order valence-electron chi connectivity index (χ0n) is 13.2. The van der Waals surface area contributed by atoms with E-state index in [0.717, 1.165) is 25.5 Å². The van der Waals surface area contributed by atoms with E-state index in [0.29, 0.717) is 6.04 Å². The van der Waals surface area contributed by atoms with Crippen LogP contribution >= 0.6 is 0 Å². The van der Waals surface area contributed by atoms with Crippen LogP contribution in [-0.2, 0) is 11.2 Å². The molecule has 21 heavy (non-hydrogen) atoms. The number of likely N-dealkylation sites (N-methyl/N-ethyl adjacent to an activating group) is 1. The third-order valence-corrected chi connectivity index (χ3v) is 5.26. The zero-order chi connectivity index (χ0) is 14.5. The van der Waals surface area contributed by atoms with E-state index < -0.39 is 0 Å². The van der Waals surface area contributed by atoms with Gasteiger partial charge < -0.3 is 10.1 Å². The first-order chi connectivity index (χ1) is 10.3. The first-order valence-electron chi connectivity index (χ1n) is 8.57. The van der Waals surface area contributed by atoms with Crippen LogP contribution in [0, 0.1) is 5.92 Å². The molecule has 1 aromatic heterocycles. The molecule has 2 aliphatic rings. The zero-order valence-corrected chi connectivity index (χ0v) is 13.2. The molecule has 1 aromatic rings. The molecule has 1 saturated heterocycles. The molecular weight excluding hydrogens is 260 g/mol. The van der Waals surface area contributed by atoms with Gasteiger partial charge in [0.05, 0.1) is 5.60 Å². The third kappa shape index (κ3) is 3.64. The Kier molecular flexibility index (Phi) is 4.91. The maximum absolute atomic E-state index is 6.20. The number of nitrogens with zero attached hydrogens (tertiary/aromatic N) is 1. The van der Waals surface area contributed by atoms with Crippen LogP contribution in [0.3, 0.4) is 0 Å². The second kappa shape index (κ2) is 6.89. The van der Waals surface area contributed by atoms with Crippen molar-refractivity contribution in [3.63, 3.8) is 0 Å². The highest BCUT2D eigenvalue weighted by atomic mass is 16.5. The Bertz CT molecular complexity index is 428. The fourth-order valence-corrected chi connectivity index (χ4v) is 4.22. The van der Waals surface area contributed by atoms with E-state index in [4.69, 9.17) is 4.74 Å². The number of pyridine rings is 1. The summed E-state index contributed by atoms with van der Waals surface area (Å²) in [5.74, 6) is 0.733. The van der Waals surface area contributed by atoms with E-state index >= 15 is 0 Å². The quantitative estimate of drug-likeness (QED) is 0.902. The summed E-state index contributed by atoms with van der Waals surface area (Å²) in [7, 11) is 0.